The fourth-order valence-electron chi connectivity index (χ4n) is 6.47. The number of benzene rings is 2. The van der Waals surface area contributed by atoms with E-state index in [1.54, 1.807) is 30.3 Å². The van der Waals surface area contributed by atoms with Crippen molar-refractivity contribution >= 4 is 35.1 Å². The third kappa shape index (κ3) is 4.16. The van der Waals surface area contributed by atoms with Gasteiger partial charge in [0.2, 0.25) is 11.8 Å². The summed E-state index contributed by atoms with van der Waals surface area (Å²) in [7, 11) is 1.42. The van der Waals surface area contributed by atoms with Gasteiger partial charge in [-0.25, -0.2) is 4.90 Å². The van der Waals surface area contributed by atoms with E-state index in [0.717, 1.165) is 42.6 Å². The first-order chi connectivity index (χ1) is 17.7. The van der Waals surface area contributed by atoms with E-state index < -0.39 is 41.2 Å². The summed E-state index contributed by atoms with van der Waals surface area (Å²) in [6.45, 7) is 1.83. The van der Waals surface area contributed by atoms with Gasteiger partial charge in [-0.1, -0.05) is 55.8 Å². The number of phenols is 1. The Labute approximate surface area is 220 Å². The van der Waals surface area contributed by atoms with Gasteiger partial charge in [0, 0.05) is 11.1 Å². The van der Waals surface area contributed by atoms with Gasteiger partial charge < -0.3 is 14.9 Å². The molecule has 3 N–H and O–H groups in total. The highest BCUT2D eigenvalue weighted by Crippen LogP contribution is 2.53. The molecule has 0 radical (unpaired) electrons. The summed E-state index contributed by atoms with van der Waals surface area (Å²) in [5.74, 6) is -3.90. The smallest absolute Gasteiger partial charge is 0.324 e. The summed E-state index contributed by atoms with van der Waals surface area (Å²) in [5.41, 5.74) is 0.0938. The van der Waals surface area contributed by atoms with Gasteiger partial charge in [-0.15, -0.1) is 0 Å². The van der Waals surface area contributed by atoms with Crippen molar-refractivity contribution in [2.75, 3.05) is 12.0 Å². The summed E-state index contributed by atoms with van der Waals surface area (Å²) in [6, 6.07) is 8.88. The molecule has 2 heterocycles. The predicted octanol–water partition coefficient (Wildman–Crippen LogP) is 4.61. The zero-order chi connectivity index (χ0) is 26.5. The number of hydrogen-bond acceptors (Lipinski definition) is 6. The molecular weight excluding hydrogens is 496 g/mol. The molecule has 3 fully saturated rings. The third-order valence-electron chi connectivity index (χ3n) is 8.35. The number of imide groups is 1. The van der Waals surface area contributed by atoms with Crippen molar-refractivity contribution in [3.63, 3.8) is 0 Å². The highest BCUT2D eigenvalue weighted by molar-refractivity contribution is 6.32. The van der Waals surface area contributed by atoms with Crippen LogP contribution >= 0.6 is 11.6 Å². The summed E-state index contributed by atoms with van der Waals surface area (Å²) < 4.78 is 5.27. The molecule has 196 valence electrons. The van der Waals surface area contributed by atoms with Crippen LogP contribution in [-0.4, -0.2) is 40.6 Å². The number of nitrogens with one attached hydrogen (secondary N) is 1. The second-order valence-corrected chi connectivity index (χ2v) is 10.9. The van der Waals surface area contributed by atoms with Crippen molar-refractivity contribution in [3.05, 3.63) is 52.5 Å². The lowest BCUT2D eigenvalue weighted by Gasteiger charge is -2.35. The lowest BCUT2D eigenvalue weighted by molar-refractivity contribution is -0.150. The van der Waals surface area contributed by atoms with Gasteiger partial charge in [0.15, 0.2) is 11.5 Å². The molecule has 2 aromatic carbocycles. The van der Waals surface area contributed by atoms with Crippen LogP contribution in [0.4, 0.5) is 5.69 Å². The Morgan fingerprint density at radius 2 is 1.86 bits per heavy atom. The van der Waals surface area contributed by atoms with Crippen molar-refractivity contribution in [2.24, 2.45) is 17.8 Å². The number of aryl methyl sites for hydroxylation is 1. The Hall–Kier alpha value is -3.10. The molecule has 3 aliphatic rings. The normalized spacial score (nSPS) is 28.0. The molecule has 5 rings (SSSR count). The number of nitrogens with zero attached hydrogens (tertiary/aromatic N) is 1. The molecule has 0 spiro atoms. The maximum Gasteiger partial charge on any atom is 0.324 e. The Morgan fingerprint density at radius 1 is 1.14 bits per heavy atom. The minimum atomic E-state index is -1.61. The Bertz CT molecular complexity index is 1260. The van der Waals surface area contributed by atoms with Crippen molar-refractivity contribution in [1.29, 1.82) is 0 Å². The quantitative estimate of drug-likeness (QED) is 0.471. The van der Waals surface area contributed by atoms with Gasteiger partial charge in [0.1, 0.15) is 5.54 Å². The Kier molecular flexibility index (Phi) is 6.66. The van der Waals surface area contributed by atoms with Crippen LogP contribution in [-0.2, 0) is 14.4 Å². The molecule has 9 heteroatoms. The number of amides is 2. The number of fused-ring (bicyclic) bond motifs is 1. The first kappa shape index (κ1) is 25.5. The number of aromatic hydroxyl groups is 1. The zero-order valence-electron chi connectivity index (χ0n) is 20.9. The molecule has 0 aromatic heterocycles. The van der Waals surface area contributed by atoms with Gasteiger partial charge in [-0.2, -0.15) is 0 Å². The average Bonchev–Trinajstić information content (AvgIpc) is 3.36. The van der Waals surface area contributed by atoms with Crippen LogP contribution in [0, 0.1) is 24.7 Å². The highest BCUT2D eigenvalue weighted by atomic mass is 35.5. The lowest BCUT2D eigenvalue weighted by atomic mass is 9.72. The van der Waals surface area contributed by atoms with Crippen LogP contribution in [0.3, 0.4) is 0 Å². The maximum atomic E-state index is 14.0. The number of methoxy groups -OCH3 is 1. The number of rotatable bonds is 6. The molecule has 4 unspecified atom stereocenters. The zero-order valence-corrected chi connectivity index (χ0v) is 21.6. The number of halogens is 1. The predicted molar refractivity (Wildman–Crippen MR) is 138 cm³/mol. The van der Waals surface area contributed by atoms with E-state index in [1.807, 2.05) is 6.92 Å². The number of hydrogen-bond donors (Lipinski definition) is 3. The number of carboxylic acids is 1. The SMILES string of the molecule is COc1cc(C2NC(CC3CCCCC3)(C(=O)O)C3C(=O)N(c4ccc(C)c(Cl)c4)C(=O)C23)ccc1O. The molecule has 4 atom stereocenters. The summed E-state index contributed by atoms with van der Waals surface area (Å²) in [5, 5.41) is 24.5. The first-order valence-corrected chi connectivity index (χ1v) is 13.1. The Morgan fingerprint density at radius 3 is 2.51 bits per heavy atom. The molecule has 2 aliphatic heterocycles. The van der Waals surface area contributed by atoms with Crippen molar-refractivity contribution in [3.8, 4) is 11.5 Å². The number of carboxylic acid groups (broad SMARTS) is 1. The van der Waals surface area contributed by atoms with E-state index in [0.29, 0.717) is 16.3 Å². The molecule has 37 heavy (non-hydrogen) atoms. The topological polar surface area (TPSA) is 116 Å². The van der Waals surface area contributed by atoms with Crippen molar-refractivity contribution in [2.45, 2.75) is 57.0 Å². The summed E-state index contributed by atoms with van der Waals surface area (Å²) in [4.78, 5) is 42.1. The molecular formula is C28H31ClN2O6. The monoisotopic (exact) mass is 526 g/mol. The maximum absolute atomic E-state index is 14.0. The van der Waals surface area contributed by atoms with Gasteiger partial charge in [0.25, 0.3) is 0 Å². The van der Waals surface area contributed by atoms with E-state index in [9.17, 15) is 24.6 Å². The number of phenolic OH excluding ortho intramolecular Hbond substituents is 1. The lowest BCUT2D eigenvalue weighted by Crippen LogP contribution is -2.57. The van der Waals surface area contributed by atoms with Gasteiger partial charge in [-0.05, 0) is 54.7 Å². The van der Waals surface area contributed by atoms with E-state index in [-0.39, 0.29) is 23.8 Å². The number of carbonyl (C=O) groups is 3. The molecule has 1 aliphatic carbocycles. The Balaban J connectivity index is 1.63. The molecule has 2 saturated heterocycles. The summed E-state index contributed by atoms with van der Waals surface area (Å²) in [6.07, 6.45) is 5.21. The van der Waals surface area contributed by atoms with Crippen LogP contribution in [0.1, 0.15) is 55.7 Å². The van der Waals surface area contributed by atoms with Crippen molar-refractivity contribution < 1.29 is 29.3 Å². The van der Waals surface area contributed by atoms with E-state index >= 15 is 0 Å². The van der Waals surface area contributed by atoms with Gasteiger partial charge in [-0.3, -0.25) is 19.7 Å². The number of anilines is 1. The first-order valence-electron chi connectivity index (χ1n) is 12.7. The third-order valence-corrected chi connectivity index (χ3v) is 8.75. The molecule has 1 saturated carbocycles. The molecule has 0 bridgehead atoms. The molecule has 8 nitrogen and oxygen atoms in total. The van der Waals surface area contributed by atoms with Crippen LogP contribution in [0.15, 0.2) is 36.4 Å². The standard InChI is InChI=1S/C28H31ClN2O6/c1-15-8-10-18(13-19(15)29)31-25(33)22-23(26(31)34)28(27(35)36,14-16-6-4-3-5-7-16)30-24(22)17-9-11-20(32)21(12-17)37-2/h8-13,16,22-24,30,32H,3-7,14H2,1-2H3,(H,35,36). The number of aliphatic carboxylic acids is 1. The van der Waals surface area contributed by atoms with E-state index in [2.05, 4.69) is 5.32 Å². The number of ether oxygens (including phenoxy) is 1. The molecule has 2 aromatic rings. The van der Waals surface area contributed by atoms with Gasteiger partial charge >= 0.3 is 5.97 Å². The second-order valence-electron chi connectivity index (χ2n) is 10.5. The van der Waals surface area contributed by atoms with E-state index in [1.165, 1.54) is 13.2 Å². The fraction of sp³-hybridized carbons (Fsp3) is 0.464. The van der Waals surface area contributed by atoms with Crippen LogP contribution in [0.25, 0.3) is 0 Å². The highest BCUT2D eigenvalue weighted by Gasteiger charge is 2.69. The van der Waals surface area contributed by atoms with Gasteiger partial charge in [0.05, 0.1) is 24.6 Å². The van der Waals surface area contributed by atoms with Crippen LogP contribution in [0.5, 0.6) is 11.5 Å². The molecule has 2 amide bonds. The largest absolute Gasteiger partial charge is 0.504 e. The number of carbonyl (C=O) groups excluding carboxylic acids is 2. The fourth-order valence-corrected chi connectivity index (χ4v) is 6.65. The summed E-state index contributed by atoms with van der Waals surface area (Å²) >= 11 is 6.32. The average molecular weight is 527 g/mol. The minimum absolute atomic E-state index is 0.0720. The second kappa shape index (κ2) is 9.65. The minimum Gasteiger partial charge on any atom is -0.504 e. The van der Waals surface area contributed by atoms with Crippen LogP contribution in [0.2, 0.25) is 5.02 Å². The van der Waals surface area contributed by atoms with Crippen LogP contribution < -0.4 is 15.0 Å². The van der Waals surface area contributed by atoms with Crippen molar-refractivity contribution in [1.82, 2.24) is 5.32 Å². The van der Waals surface area contributed by atoms with E-state index in [4.69, 9.17) is 16.3 Å².